The molecular weight excluding hydrogens is 268 g/mol. The summed E-state index contributed by atoms with van der Waals surface area (Å²) >= 11 is 1.79. The zero-order chi connectivity index (χ0) is 14.4. The quantitative estimate of drug-likeness (QED) is 0.796. The summed E-state index contributed by atoms with van der Waals surface area (Å²) in [5.41, 5.74) is 2.37. The molecule has 0 saturated heterocycles. The molecule has 1 N–H and O–H groups in total. The van der Waals surface area contributed by atoms with Crippen molar-refractivity contribution < 1.29 is 0 Å². The number of hydrogen-bond donors (Lipinski definition) is 1. The lowest BCUT2D eigenvalue weighted by Crippen LogP contribution is -2.24. The normalized spacial score (nSPS) is 12.6. The molecule has 4 nitrogen and oxygen atoms in total. The smallest absolute Gasteiger partial charge is 0.0845 e. The Morgan fingerprint density at radius 1 is 1.35 bits per heavy atom. The zero-order valence-corrected chi connectivity index (χ0v) is 13.2. The van der Waals surface area contributed by atoms with Gasteiger partial charge >= 0.3 is 0 Å². The van der Waals surface area contributed by atoms with Crippen LogP contribution in [0.25, 0.3) is 0 Å². The fourth-order valence-electron chi connectivity index (χ4n) is 2.26. The second kappa shape index (κ2) is 7.45. The van der Waals surface area contributed by atoms with Gasteiger partial charge in [-0.3, -0.25) is 4.68 Å². The molecule has 0 saturated carbocycles. The van der Waals surface area contributed by atoms with Gasteiger partial charge in [0.2, 0.25) is 0 Å². The van der Waals surface area contributed by atoms with Crippen molar-refractivity contribution >= 4 is 11.8 Å². The summed E-state index contributed by atoms with van der Waals surface area (Å²) in [6.07, 6.45) is 6.10. The number of nitrogens with one attached hydrogen (secondary N) is 1. The van der Waals surface area contributed by atoms with Crippen LogP contribution in [0.2, 0.25) is 0 Å². The Morgan fingerprint density at radius 3 is 2.80 bits per heavy atom. The first-order valence-corrected chi connectivity index (χ1v) is 8.18. The number of hydrogen-bond acceptors (Lipinski definition) is 4. The molecule has 0 fully saturated rings. The number of nitrogens with zero attached hydrogens (tertiary/aromatic N) is 3. The third-order valence-corrected chi connectivity index (χ3v) is 4.03. The van der Waals surface area contributed by atoms with E-state index in [2.05, 4.69) is 53.1 Å². The molecular formula is C15H22N4S. The van der Waals surface area contributed by atoms with E-state index in [0.29, 0.717) is 0 Å². The molecule has 20 heavy (non-hydrogen) atoms. The fourth-order valence-corrected chi connectivity index (χ4v) is 2.92. The van der Waals surface area contributed by atoms with Crippen molar-refractivity contribution in [1.82, 2.24) is 20.3 Å². The van der Waals surface area contributed by atoms with Gasteiger partial charge in [-0.05, 0) is 30.9 Å². The minimum Gasteiger partial charge on any atom is -0.310 e. The molecule has 0 radical (unpaired) electrons. The largest absolute Gasteiger partial charge is 0.310 e. The van der Waals surface area contributed by atoms with E-state index in [1.807, 2.05) is 13.2 Å². The van der Waals surface area contributed by atoms with Gasteiger partial charge in [0.15, 0.2) is 0 Å². The predicted molar refractivity (Wildman–Crippen MR) is 84.0 cm³/mol. The highest BCUT2D eigenvalue weighted by atomic mass is 32.2. The SMILES string of the molecule is CCCNC(Cc1cn(C)nn1)c1ccccc1SC. The van der Waals surface area contributed by atoms with Crippen LogP contribution in [-0.2, 0) is 13.5 Å². The maximum absolute atomic E-state index is 4.21. The lowest BCUT2D eigenvalue weighted by molar-refractivity contribution is 0.517. The molecule has 1 unspecified atom stereocenters. The van der Waals surface area contributed by atoms with Crippen molar-refractivity contribution in [2.24, 2.45) is 7.05 Å². The van der Waals surface area contributed by atoms with E-state index in [-0.39, 0.29) is 6.04 Å². The first kappa shape index (κ1) is 15.1. The summed E-state index contributed by atoms with van der Waals surface area (Å²) in [4.78, 5) is 1.32. The Balaban J connectivity index is 2.22. The van der Waals surface area contributed by atoms with Gasteiger partial charge in [0.1, 0.15) is 0 Å². The molecule has 108 valence electrons. The van der Waals surface area contributed by atoms with Crippen LogP contribution in [0.3, 0.4) is 0 Å². The standard InChI is InChI=1S/C15H22N4S/c1-4-9-16-14(10-12-11-19(2)18-17-12)13-7-5-6-8-15(13)20-3/h5-8,11,14,16H,4,9-10H2,1-3H3. The molecule has 5 heteroatoms. The van der Waals surface area contributed by atoms with Crippen LogP contribution < -0.4 is 5.32 Å². The van der Waals surface area contributed by atoms with Crippen LogP contribution in [0.1, 0.15) is 30.6 Å². The van der Waals surface area contributed by atoms with E-state index in [4.69, 9.17) is 0 Å². The molecule has 0 aliphatic rings. The van der Waals surface area contributed by atoms with Crippen LogP contribution in [0.5, 0.6) is 0 Å². The minimum atomic E-state index is 0.287. The summed E-state index contributed by atoms with van der Waals surface area (Å²) in [5, 5.41) is 11.9. The highest BCUT2D eigenvalue weighted by Gasteiger charge is 2.16. The average Bonchev–Trinajstić information content (AvgIpc) is 2.88. The second-order valence-electron chi connectivity index (χ2n) is 4.84. The van der Waals surface area contributed by atoms with Crippen molar-refractivity contribution in [3.63, 3.8) is 0 Å². The van der Waals surface area contributed by atoms with Crippen LogP contribution in [0, 0.1) is 0 Å². The third kappa shape index (κ3) is 3.84. The van der Waals surface area contributed by atoms with E-state index in [1.165, 1.54) is 10.5 Å². The Kier molecular flexibility index (Phi) is 5.61. The Hall–Kier alpha value is -1.33. The summed E-state index contributed by atoms with van der Waals surface area (Å²) in [5.74, 6) is 0. The van der Waals surface area contributed by atoms with Crippen LogP contribution in [0.4, 0.5) is 0 Å². The van der Waals surface area contributed by atoms with Crippen LogP contribution in [-0.4, -0.2) is 27.8 Å². The van der Waals surface area contributed by atoms with Crippen molar-refractivity contribution in [1.29, 1.82) is 0 Å². The molecule has 0 amide bonds. The van der Waals surface area contributed by atoms with Gasteiger partial charge in [0.25, 0.3) is 0 Å². The third-order valence-electron chi connectivity index (χ3n) is 3.22. The number of rotatable bonds is 7. The van der Waals surface area contributed by atoms with Crippen molar-refractivity contribution in [3.8, 4) is 0 Å². The number of benzene rings is 1. The van der Waals surface area contributed by atoms with Gasteiger partial charge in [0, 0.05) is 30.6 Å². The van der Waals surface area contributed by atoms with Gasteiger partial charge in [0.05, 0.1) is 5.69 Å². The van der Waals surface area contributed by atoms with Crippen LogP contribution in [0.15, 0.2) is 35.4 Å². The molecule has 0 aliphatic heterocycles. The zero-order valence-electron chi connectivity index (χ0n) is 12.3. The molecule has 1 aromatic carbocycles. The summed E-state index contributed by atoms with van der Waals surface area (Å²) < 4.78 is 1.76. The molecule has 1 atom stereocenters. The molecule has 1 heterocycles. The van der Waals surface area contributed by atoms with E-state index in [1.54, 1.807) is 16.4 Å². The maximum atomic E-state index is 4.21. The van der Waals surface area contributed by atoms with Gasteiger partial charge in [-0.2, -0.15) is 0 Å². The Labute approximate surface area is 125 Å². The molecule has 0 aliphatic carbocycles. The van der Waals surface area contributed by atoms with Crippen molar-refractivity contribution in [2.45, 2.75) is 30.7 Å². The van der Waals surface area contributed by atoms with E-state index < -0.39 is 0 Å². The molecule has 0 bridgehead atoms. The van der Waals surface area contributed by atoms with E-state index in [9.17, 15) is 0 Å². The van der Waals surface area contributed by atoms with Crippen LogP contribution >= 0.6 is 11.8 Å². The highest BCUT2D eigenvalue weighted by Crippen LogP contribution is 2.27. The summed E-state index contributed by atoms with van der Waals surface area (Å²) in [7, 11) is 1.90. The highest BCUT2D eigenvalue weighted by molar-refractivity contribution is 7.98. The topological polar surface area (TPSA) is 42.7 Å². The Morgan fingerprint density at radius 2 is 2.15 bits per heavy atom. The first-order chi connectivity index (χ1) is 9.74. The predicted octanol–water partition coefficient (Wildman–Crippen LogP) is 2.82. The van der Waals surface area contributed by atoms with Gasteiger partial charge in [-0.1, -0.05) is 30.3 Å². The van der Waals surface area contributed by atoms with Gasteiger partial charge in [-0.25, -0.2) is 0 Å². The van der Waals surface area contributed by atoms with Crippen molar-refractivity contribution in [3.05, 3.63) is 41.7 Å². The second-order valence-corrected chi connectivity index (χ2v) is 5.68. The van der Waals surface area contributed by atoms with E-state index >= 15 is 0 Å². The maximum Gasteiger partial charge on any atom is 0.0845 e. The lowest BCUT2D eigenvalue weighted by Gasteiger charge is -2.20. The lowest BCUT2D eigenvalue weighted by atomic mass is 10.0. The number of aromatic nitrogens is 3. The fraction of sp³-hybridized carbons (Fsp3) is 0.467. The van der Waals surface area contributed by atoms with E-state index in [0.717, 1.165) is 25.1 Å². The molecule has 2 rings (SSSR count). The summed E-state index contributed by atoms with van der Waals surface area (Å²) in [6, 6.07) is 8.86. The van der Waals surface area contributed by atoms with Gasteiger partial charge in [-0.15, -0.1) is 16.9 Å². The molecule has 0 spiro atoms. The minimum absolute atomic E-state index is 0.287. The van der Waals surface area contributed by atoms with Crippen molar-refractivity contribution in [2.75, 3.05) is 12.8 Å². The first-order valence-electron chi connectivity index (χ1n) is 6.96. The van der Waals surface area contributed by atoms with Gasteiger partial charge < -0.3 is 5.32 Å². The molecule has 2 aromatic rings. The molecule has 1 aromatic heterocycles. The Bertz CT molecular complexity index is 538. The monoisotopic (exact) mass is 290 g/mol. The summed E-state index contributed by atoms with van der Waals surface area (Å²) in [6.45, 7) is 3.19. The number of aryl methyl sites for hydroxylation is 1. The average molecular weight is 290 g/mol. The number of thioether (sulfide) groups is 1.